The predicted molar refractivity (Wildman–Crippen MR) is 109 cm³/mol. The van der Waals surface area contributed by atoms with Gasteiger partial charge in [0, 0.05) is 16.9 Å². The van der Waals surface area contributed by atoms with Gasteiger partial charge in [0.15, 0.2) is 0 Å². The zero-order chi connectivity index (χ0) is 20.9. The van der Waals surface area contributed by atoms with Crippen LogP contribution in [0.1, 0.15) is 20.7 Å². The van der Waals surface area contributed by atoms with Gasteiger partial charge in [-0.05, 0) is 54.6 Å². The second-order valence-electron chi connectivity index (χ2n) is 6.02. The minimum absolute atomic E-state index is 0.0677. The van der Waals surface area contributed by atoms with Gasteiger partial charge in [-0.1, -0.05) is 24.3 Å². The minimum Gasteiger partial charge on any atom is -0.465 e. The van der Waals surface area contributed by atoms with Gasteiger partial charge in [-0.2, -0.15) is 0 Å². The van der Waals surface area contributed by atoms with Gasteiger partial charge in [-0.3, -0.25) is 9.52 Å². The van der Waals surface area contributed by atoms with Gasteiger partial charge in [-0.25, -0.2) is 13.2 Å². The predicted octanol–water partition coefficient (Wildman–Crippen LogP) is 3.53. The van der Waals surface area contributed by atoms with Gasteiger partial charge in [-0.15, -0.1) is 0 Å². The summed E-state index contributed by atoms with van der Waals surface area (Å²) < 4.78 is 32.2. The van der Waals surface area contributed by atoms with Crippen LogP contribution in [0.4, 0.5) is 11.4 Å². The van der Waals surface area contributed by atoms with Gasteiger partial charge in [0.25, 0.3) is 15.9 Å². The summed E-state index contributed by atoms with van der Waals surface area (Å²) >= 11 is 0. The van der Waals surface area contributed by atoms with Crippen molar-refractivity contribution in [3.63, 3.8) is 0 Å². The molecule has 3 aromatic rings. The third-order valence-electron chi connectivity index (χ3n) is 4.00. The van der Waals surface area contributed by atoms with Gasteiger partial charge in [0.05, 0.1) is 17.6 Å². The summed E-state index contributed by atoms with van der Waals surface area (Å²) in [5, 5.41) is 2.74. The molecule has 0 aliphatic carbocycles. The van der Waals surface area contributed by atoms with Crippen LogP contribution in [0.2, 0.25) is 0 Å². The first-order valence-corrected chi connectivity index (χ1v) is 10.0. The van der Waals surface area contributed by atoms with Gasteiger partial charge in [0.1, 0.15) is 0 Å². The highest BCUT2D eigenvalue weighted by molar-refractivity contribution is 7.92. The Labute approximate surface area is 168 Å². The van der Waals surface area contributed by atoms with E-state index < -0.39 is 16.0 Å². The SMILES string of the molecule is COC(=O)c1cccc(S(=O)(=O)Nc2ccc(NC(=O)c3ccccc3)cc2)c1. The molecule has 0 fully saturated rings. The van der Waals surface area contributed by atoms with Crippen molar-refractivity contribution in [3.8, 4) is 0 Å². The fraction of sp³-hybridized carbons (Fsp3) is 0.0476. The molecule has 29 heavy (non-hydrogen) atoms. The summed E-state index contributed by atoms with van der Waals surface area (Å²) in [4.78, 5) is 23.7. The Hall–Kier alpha value is -3.65. The Balaban J connectivity index is 1.72. The Morgan fingerprint density at radius 1 is 0.793 bits per heavy atom. The molecule has 8 heteroatoms. The van der Waals surface area contributed by atoms with Crippen LogP contribution in [0.25, 0.3) is 0 Å². The molecule has 3 aromatic carbocycles. The lowest BCUT2D eigenvalue weighted by molar-refractivity contribution is 0.0600. The topological polar surface area (TPSA) is 102 Å². The van der Waals surface area contributed by atoms with Crippen molar-refractivity contribution in [2.75, 3.05) is 17.1 Å². The molecule has 0 aliphatic heterocycles. The molecular weight excluding hydrogens is 392 g/mol. The maximum atomic E-state index is 12.6. The van der Waals surface area contributed by atoms with E-state index in [1.54, 1.807) is 36.4 Å². The van der Waals surface area contributed by atoms with Crippen LogP contribution in [0.15, 0.2) is 83.8 Å². The molecule has 1 amide bonds. The molecule has 7 nitrogen and oxygen atoms in total. The molecule has 148 valence electrons. The Morgan fingerprint density at radius 2 is 1.41 bits per heavy atom. The van der Waals surface area contributed by atoms with Crippen molar-refractivity contribution < 1.29 is 22.7 Å². The summed E-state index contributed by atoms with van der Waals surface area (Å²) in [6.07, 6.45) is 0. The zero-order valence-electron chi connectivity index (χ0n) is 15.5. The van der Waals surface area contributed by atoms with E-state index in [0.717, 1.165) is 0 Å². The molecule has 0 atom stereocenters. The third kappa shape index (κ3) is 4.99. The summed E-state index contributed by atoms with van der Waals surface area (Å²) in [6, 6.07) is 20.5. The maximum absolute atomic E-state index is 12.6. The highest BCUT2D eigenvalue weighted by Gasteiger charge is 2.17. The van der Waals surface area contributed by atoms with E-state index in [1.165, 1.54) is 43.5 Å². The molecule has 0 aromatic heterocycles. The zero-order valence-corrected chi connectivity index (χ0v) is 16.3. The third-order valence-corrected chi connectivity index (χ3v) is 5.38. The number of esters is 1. The van der Waals surface area contributed by atoms with Crippen molar-refractivity contribution in [1.82, 2.24) is 0 Å². The van der Waals surface area contributed by atoms with E-state index in [1.807, 2.05) is 6.07 Å². The highest BCUT2D eigenvalue weighted by atomic mass is 32.2. The maximum Gasteiger partial charge on any atom is 0.337 e. The van der Waals surface area contributed by atoms with Crippen LogP contribution in [-0.2, 0) is 14.8 Å². The average Bonchev–Trinajstić information content (AvgIpc) is 2.75. The monoisotopic (exact) mass is 410 g/mol. The number of carbonyl (C=O) groups excluding carboxylic acids is 2. The van der Waals surface area contributed by atoms with E-state index in [0.29, 0.717) is 16.9 Å². The molecule has 0 unspecified atom stereocenters. The first-order chi connectivity index (χ1) is 13.9. The second kappa shape index (κ2) is 8.57. The van der Waals surface area contributed by atoms with Crippen molar-refractivity contribution in [2.24, 2.45) is 0 Å². The number of anilines is 2. The number of sulfonamides is 1. The molecule has 0 bridgehead atoms. The Bertz CT molecular complexity index is 1130. The lowest BCUT2D eigenvalue weighted by Crippen LogP contribution is -2.14. The summed E-state index contributed by atoms with van der Waals surface area (Å²) in [5.74, 6) is -0.890. The number of ether oxygens (including phenoxy) is 1. The van der Waals surface area contributed by atoms with E-state index >= 15 is 0 Å². The number of rotatable bonds is 6. The fourth-order valence-electron chi connectivity index (χ4n) is 2.54. The van der Waals surface area contributed by atoms with Crippen molar-refractivity contribution >= 4 is 33.3 Å². The largest absolute Gasteiger partial charge is 0.465 e. The lowest BCUT2D eigenvalue weighted by Gasteiger charge is -2.10. The molecule has 0 saturated heterocycles. The Morgan fingerprint density at radius 3 is 2.07 bits per heavy atom. The van der Waals surface area contributed by atoms with Gasteiger partial charge >= 0.3 is 5.97 Å². The van der Waals surface area contributed by atoms with Crippen LogP contribution in [0.5, 0.6) is 0 Å². The smallest absolute Gasteiger partial charge is 0.337 e. The van der Waals surface area contributed by atoms with E-state index in [2.05, 4.69) is 14.8 Å². The normalized spacial score (nSPS) is 10.8. The van der Waals surface area contributed by atoms with Crippen LogP contribution in [0.3, 0.4) is 0 Å². The summed E-state index contributed by atoms with van der Waals surface area (Å²) in [7, 11) is -2.68. The molecular formula is C21H18N2O5S. The molecule has 0 heterocycles. The second-order valence-corrected chi connectivity index (χ2v) is 7.70. The van der Waals surface area contributed by atoms with E-state index in [4.69, 9.17) is 0 Å². The number of carbonyl (C=O) groups is 2. The number of hydrogen-bond acceptors (Lipinski definition) is 5. The van der Waals surface area contributed by atoms with Crippen LogP contribution in [-0.4, -0.2) is 27.4 Å². The lowest BCUT2D eigenvalue weighted by atomic mass is 10.2. The average molecular weight is 410 g/mol. The molecule has 2 N–H and O–H groups in total. The minimum atomic E-state index is -3.90. The number of amides is 1. The first-order valence-electron chi connectivity index (χ1n) is 8.57. The molecule has 0 radical (unpaired) electrons. The van der Waals surface area contributed by atoms with Crippen molar-refractivity contribution in [1.29, 1.82) is 0 Å². The van der Waals surface area contributed by atoms with Gasteiger partial charge < -0.3 is 10.1 Å². The van der Waals surface area contributed by atoms with E-state index in [-0.39, 0.29) is 16.4 Å². The highest BCUT2D eigenvalue weighted by Crippen LogP contribution is 2.20. The standard InChI is InChI=1S/C21H18N2O5S/c1-28-21(25)16-8-5-9-19(14-16)29(26,27)23-18-12-10-17(11-13-18)22-20(24)15-6-3-2-4-7-15/h2-14,23H,1H3,(H,22,24). The van der Waals surface area contributed by atoms with Crippen LogP contribution >= 0.6 is 0 Å². The number of benzene rings is 3. The molecule has 3 rings (SSSR count). The van der Waals surface area contributed by atoms with E-state index in [9.17, 15) is 18.0 Å². The number of methoxy groups -OCH3 is 1. The van der Waals surface area contributed by atoms with Crippen LogP contribution in [0, 0.1) is 0 Å². The molecule has 0 spiro atoms. The van der Waals surface area contributed by atoms with Gasteiger partial charge in [0.2, 0.25) is 0 Å². The number of nitrogens with one attached hydrogen (secondary N) is 2. The fourth-order valence-corrected chi connectivity index (χ4v) is 3.64. The molecule has 0 aliphatic rings. The number of hydrogen-bond donors (Lipinski definition) is 2. The first kappa shape index (κ1) is 20.1. The quantitative estimate of drug-likeness (QED) is 0.606. The molecule has 0 saturated carbocycles. The Kier molecular flexibility index (Phi) is 5.94. The summed E-state index contributed by atoms with van der Waals surface area (Å²) in [6.45, 7) is 0. The summed E-state index contributed by atoms with van der Waals surface area (Å²) in [5.41, 5.74) is 1.48. The van der Waals surface area contributed by atoms with Crippen molar-refractivity contribution in [3.05, 3.63) is 90.0 Å². The van der Waals surface area contributed by atoms with Crippen molar-refractivity contribution in [2.45, 2.75) is 4.90 Å². The van der Waals surface area contributed by atoms with Crippen LogP contribution < -0.4 is 10.0 Å².